The molecule has 11 heteroatoms. The fraction of sp³-hybridized carbons (Fsp3) is 0.276. The summed E-state index contributed by atoms with van der Waals surface area (Å²) < 4.78 is 17.7. The molecule has 1 saturated heterocycles. The summed E-state index contributed by atoms with van der Waals surface area (Å²) in [5, 5.41) is 17.0. The van der Waals surface area contributed by atoms with Crippen LogP contribution in [0.2, 0.25) is 5.02 Å². The number of hydrogen-bond donors (Lipinski definition) is 3. The van der Waals surface area contributed by atoms with E-state index >= 15 is 0 Å². The van der Waals surface area contributed by atoms with Gasteiger partial charge in [0.25, 0.3) is 0 Å². The van der Waals surface area contributed by atoms with Gasteiger partial charge < -0.3 is 25.2 Å². The van der Waals surface area contributed by atoms with E-state index in [4.69, 9.17) is 11.6 Å². The quantitative estimate of drug-likeness (QED) is 0.321. The topological polar surface area (TPSA) is 104 Å². The van der Waals surface area contributed by atoms with E-state index in [0.29, 0.717) is 28.5 Å². The van der Waals surface area contributed by atoms with Crippen LogP contribution >= 0.6 is 11.6 Å². The molecular formula is C29H32ClFN6O3. The minimum absolute atomic E-state index is 0.144. The molecule has 0 bridgehead atoms. The van der Waals surface area contributed by atoms with Gasteiger partial charge in [0.15, 0.2) is 0 Å². The lowest BCUT2D eigenvalue weighted by molar-refractivity contribution is -0.114. The molecule has 0 atom stereocenters. The van der Waals surface area contributed by atoms with E-state index in [0.717, 1.165) is 25.9 Å². The fourth-order valence-corrected chi connectivity index (χ4v) is 4.85. The number of nitrogens with one attached hydrogen (secondary N) is 2. The van der Waals surface area contributed by atoms with Crippen molar-refractivity contribution in [1.82, 2.24) is 19.4 Å². The Bertz CT molecular complexity index is 1590. The molecule has 2 aromatic carbocycles. The summed E-state index contributed by atoms with van der Waals surface area (Å²) in [7, 11) is 5.39. The Morgan fingerprint density at radius 3 is 2.25 bits per heavy atom. The first-order valence-corrected chi connectivity index (χ1v) is 13.2. The van der Waals surface area contributed by atoms with Crippen LogP contribution in [-0.4, -0.2) is 52.3 Å². The molecule has 210 valence electrons. The van der Waals surface area contributed by atoms with Crippen molar-refractivity contribution in [2.45, 2.75) is 19.8 Å². The number of anilines is 2. The molecule has 0 unspecified atom stereocenters. The normalized spacial score (nSPS) is 12.7. The van der Waals surface area contributed by atoms with Crippen LogP contribution in [0.3, 0.4) is 0 Å². The number of pyridine rings is 1. The maximum absolute atomic E-state index is 14.9. The minimum atomic E-state index is -0.553. The SMILES string of the molecule is CC(=O)Nc1cc(-c2cc(F)cc(-c3ccc(-n4ccn(C)c4=O)c(Cl)c3)c2O)cc(N2CCCC2)n1.CNC. The largest absolute Gasteiger partial charge is 0.507 e. The highest BCUT2D eigenvalue weighted by atomic mass is 35.5. The average molecular weight is 567 g/mol. The lowest BCUT2D eigenvalue weighted by Gasteiger charge is -2.19. The predicted octanol–water partition coefficient (Wildman–Crippen LogP) is 4.80. The Balaban J connectivity index is 0.00000118. The summed E-state index contributed by atoms with van der Waals surface area (Å²) in [6, 6.07) is 10.8. The van der Waals surface area contributed by atoms with Gasteiger partial charge in [0.2, 0.25) is 5.91 Å². The lowest BCUT2D eigenvalue weighted by Crippen LogP contribution is -2.20. The number of rotatable bonds is 5. The number of nitrogens with zero attached hydrogens (tertiary/aromatic N) is 4. The van der Waals surface area contributed by atoms with Crippen LogP contribution in [0.5, 0.6) is 5.75 Å². The van der Waals surface area contributed by atoms with Crippen molar-refractivity contribution in [2.24, 2.45) is 7.05 Å². The first-order chi connectivity index (χ1) is 19.1. The molecule has 4 aromatic rings. The first-order valence-electron chi connectivity index (χ1n) is 12.8. The number of carbonyl (C=O) groups excluding carboxylic acids is 1. The highest BCUT2D eigenvalue weighted by molar-refractivity contribution is 6.32. The average Bonchev–Trinajstić information content (AvgIpc) is 3.56. The fourth-order valence-electron chi connectivity index (χ4n) is 4.58. The van der Waals surface area contributed by atoms with E-state index in [1.54, 1.807) is 49.8 Å². The zero-order chi connectivity index (χ0) is 29.0. The molecular weight excluding hydrogens is 535 g/mol. The second-order valence-corrected chi connectivity index (χ2v) is 9.96. The number of aryl methyl sites for hydroxylation is 1. The highest BCUT2D eigenvalue weighted by Gasteiger charge is 2.20. The van der Waals surface area contributed by atoms with E-state index in [9.17, 15) is 19.1 Å². The summed E-state index contributed by atoms with van der Waals surface area (Å²) in [5.41, 5.74) is 1.70. The molecule has 0 saturated carbocycles. The van der Waals surface area contributed by atoms with Crippen molar-refractivity contribution in [2.75, 3.05) is 37.4 Å². The lowest BCUT2D eigenvalue weighted by atomic mass is 9.97. The first kappa shape index (κ1) is 28.8. The molecule has 0 spiro atoms. The molecule has 2 aromatic heterocycles. The number of aromatic nitrogens is 3. The molecule has 5 rings (SSSR count). The van der Waals surface area contributed by atoms with E-state index in [-0.39, 0.29) is 33.5 Å². The Hall–Kier alpha value is -4.15. The number of phenolic OH excluding ortho intramolecular Hbond substituents is 1. The molecule has 0 radical (unpaired) electrons. The third-order valence-electron chi connectivity index (χ3n) is 6.40. The number of phenols is 1. The highest BCUT2D eigenvalue weighted by Crippen LogP contribution is 2.41. The zero-order valence-corrected chi connectivity index (χ0v) is 23.6. The Morgan fingerprint density at radius 2 is 1.68 bits per heavy atom. The maximum Gasteiger partial charge on any atom is 0.332 e. The number of benzene rings is 2. The van der Waals surface area contributed by atoms with Gasteiger partial charge >= 0.3 is 5.69 Å². The smallest absolute Gasteiger partial charge is 0.332 e. The van der Waals surface area contributed by atoms with Crippen LogP contribution in [0, 0.1) is 5.82 Å². The van der Waals surface area contributed by atoms with Crippen LogP contribution in [0.1, 0.15) is 19.8 Å². The summed E-state index contributed by atoms with van der Waals surface area (Å²) in [5.74, 6) is -0.0202. The maximum atomic E-state index is 14.9. The predicted molar refractivity (Wildman–Crippen MR) is 157 cm³/mol. The molecule has 1 amide bonds. The molecule has 0 aliphatic carbocycles. The van der Waals surface area contributed by atoms with Crippen molar-refractivity contribution in [3.05, 3.63) is 76.2 Å². The van der Waals surface area contributed by atoms with Crippen molar-refractivity contribution >= 4 is 29.1 Å². The summed E-state index contributed by atoms with van der Waals surface area (Å²) in [6.07, 6.45) is 5.29. The van der Waals surface area contributed by atoms with Crippen LogP contribution in [0.4, 0.5) is 16.0 Å². The number of amides is 1. The van der Waals surface area contributed by atoms with E-state index in [1.165, 1.54) is 28.2 Å². The van der Waals surface area contributed by atoms with E-state index in [2.05, 4.69) is 20.5 Å². The van der Waals surface area contributed by atoms with Crippen LogP contribution < -0.4 is 21.2 Å². The van der Waals surface area contributed by atoms with Crippen LogP contribution in [0.15, 0.2) is 59.7 Å². The van der Waals surface area contributed by atoms with Gasteiger partial charge in [-0.2, -0.15) is 0 Å². The monoisotopic (exact) mass is 566 g/mol. The Kier molecular flexibility index (Phi) is 8.91. The third kappa shape index (κ3) is 6.19. The summed E-state index contributed by atoms with van der Waals surface area (Å²) >= 11 is 6.51. The van der Waals surface area contributed by atoms with Gasteiger partial charge in [0.05, 0.1) is 10.7 Å². The van der Waals surface area contributed by atoms with E-state index in [1.807, 2.05) is 14.1 Å². The second kappa shape index (κ2) is 12.4. The van der Waals surface area contributed by atoms with Crippen LogP contribution in [-0.2, 0) is 11.8 Å². The second-order valence-electron chi connectivity index (χ2n) is 9.55. The van der Waals surface area contributed by atoms with E-state index < -0.39 is 5.82 Å². The molecule has 3 heterocycles. The molecule has 1 aliphatic rings. The standard InChI is InChI=1S/C27H25ClFN5O3.C2H7N/c1-16(35)30-24-12-18(13-25(31-24)33-7-3-4-8-33)21-15-19(29)14-20(26(21)36)17-5-6-23(22(28)11-17)34-10-9-32(2)27(34)37;1-3-2/h5-6,9-15,36H,3-4,7-8H2,1-2H3,(H,30,31,35);3H,1-2H3. The van der Waals surface area contributed by atoms with Crippen molar-refractivity contribution in [1.29, 1.82) is 0 Å². The van der Waals surface area contributed by atoms with Gasteiger partial charge in [0, 0.05) is 50.6 Å². The number of halogens is 2. The summed E-state index contributed by atoms with van der Waals surface area (Å²) in [4.78, 5) is 30.7. The van der Waals surface area contributed by atoms with Gasteiger partial charge in [-0.1, -0.05) is 17.7 Å². The number of carbonyl (C=O) groups is 1. The number of aromatic hydroxyl groups is 1. The van der Waals surface area contributed by atoms with Gasteiger partial charge in [-0.25, -0.2) is 14.2 Å². The van der Waals surface area contributed by atoms with Gasteiger partial charge in [0.1, 0.15) is 23.2 Å². The zero-order valence-electron chi connectivity index (χ0n) is 22.8. The number of imidazole rings is 1. The summed E-state index contributed by atoms with van der Waals surface area (Å²) in [6.45, 7) is 3.04. The van der Waals surface area contributed by atoms with Gasteiger partial charge in [-0.15, -0.1) is 0 Å². The molecule has 1 fully saturated rings. The molecule has 40 heavy (non-hydrogen) atoms. The molecule has 9 nitrogen and oxygen atoms in total. The third-order valence-corrected chi connectivity index (χ3v) is 6.70. The molecule has 1 aliphatic heterocycles. The Labute approximate surface area is 236 Å². The van der Waals surface area contributed by atoms with Crippen molar-refractivity contribution < 1.29 is 14.3 Å². The minimum Gasteiger partial charge on any atom is -0.507 e. The van der Waals surface area contributed by atoms with Gasteiger partial charge in [-0.05, 0) is 74.5 Å². The molecule has 3 N–H and O–H groups in total. The number of hydrogen-bond acceptors (Lipinski definition) is 6. The van der Waals surface area contributed by atoms with Crippen molar-refractivity contribution in [3.63, 3.8) is 0 Å². The van der Waals surface area contributed by atoms with Crippen LogP contribution in [0.25, 0.3) is 27.9 Å². The van der Waals surface area contributed by atoms with Crippen molar-refractivity contribution in [3.8, 4) is 33.7 Å². The Morgan fingerprint density at radius 1 is 1.02 bits per heavy atom. The van der Waals surface area contributed by atoms with Gasteiger partial charge in [-0.3, -0.25) is 9.36 Å².